The number of carbonyl (C=O) groups is 1. The molecule has 1 N–H and O–H groups in total. The van der Waals surface area contributed by atoms with Gasteiger partial charge in [-0.2, -0.15) is 0 Å². The maximum Gasteiger partial charge on any atom is 0.338 e. The highest BCUT2D eigenvalue weighted by molar-refractivity contribution is 6.33. The van der Waals surface area contributed by atoms with E-state index in [9.17, 15) is 9.18 Å². The molecule has 0 aliphatic carbocycles. The number of benzene rings is 2. The van der Waals surface area contributed by atoms with Crippen molar-refractivity contribution in [1.82, 2.24) is 0 Å². The lowest BCUT2D eigenvalue weighted by molar-refractivity contribution is 0.0692. The molecule has 0 amide bonds. The van der Waals surface area contributed by atoms with Crippen LogP contribution in [0.5, 0.6) is 0 Å². The van der Waals surface area contributed by atoms with Crippen LogP contribution in [0.2, 0.25) is 5.02 Å². The third-order valence-corrected chi connectivity index (χ3v) is 3.28. The van der Waals surface area contributed by atoms with Crippen LogP contribution in [0, 0.1) is 19.7 Å². The van der Waals surface area contributed by atoms with E-state index < -0.39 is 17.3 Å². The quantitative estimate of drug-likeness (QED) is 0.880. The minimum absolute atomic E-state index is 0.229. The molecular weight excluding hydrogens is 267 g/mol. The largest absolute Gasteiger partial charge is 0.478 e. The van der Waals surface area contributed by atoms with Crippen LogP contribution in [0.3, 0.4) is 0 Å². The highest BCUT2D eigenvalue weighted by atomic mass is 35.5. The Morgan fingerprint density at radius 2 is 1.84 bits per heavy atom. The van der Waals surface area contributed by atoms with E-state index in [0.29, 0.717) is 5.56 Å². The van der Waals surface area contributed by atoms with Crippen molar-refractivity contribution < 1.29 is 14.3 Å². The summed E-state index contributed by atoms with van der Waals surface area (Å²) in [4.78, 5) is 10.8. The van der Waals surface area contributed by atoms with Crippen LogP contribution in [0.4, 0.5) is 4.39 Å². The third-order valence-electron chi connectivity index (χ3n) is 2.97. The van der Waals surface area contributed by atoms with Gasteiger partial charge in [-0.05, 0) is 37.1 Å². The van der Waals surface area contributed by atoms with Crippen LogP contribution in [-0.4, -0.2) is 11.1 Å². The van der Waals surface area contributed by atoms with Gasteiger partial charge in [0.2, 0.25) is 0 Å². The molecular formula is C15H12ClFO2. The topological polar surface area (TPSA) is 37.3 Å². The van der Waals surface area contributed by atoms with Crippen LogP contribution in [-0.2, 0) is 0 Å². The van der Waals surface area contributed by atoms with Crippen molar-refractivity contribution >= 4 is 17.6 Å². The van der Waals surface area contributed by atoms with Gasteiger partial charge in [-0.1, -0.05) is 35.4 Å². The summed E-state index contributed by atoms with van der Waals surface area (Å²) in [6, 6.07) is 8.10. The van der Waals surface area contributed by atoms with Gasteiger partial charge in [0.1, 0.15) is 5.82 Å². The second-order valence-corrected chi connectivity index (χ2v) is 4.84. The van der Waals surface area contributed by atoms with Gasteiger partial charge in [0, 0.05) is 10.6 Å². The molecule has 0 fully saturated rings. The number of rotatable bonds is 2. The highest BCUT2D eigenvalue weighted by Crippen LogP contribution is 2.33. The Labute approximate surface area is 115 Å². The minimum atomic E-state index is -1.33. The lowest BCUT2D eigenvalue weighted by atomic mass is 9.97. The summed E-state index contributed by atoms with van der Waals surface area (Å²) < 4.78 is 13.8. The average Bonchev–Trinajstić information content (AvgIpc) is 2.34. The van der Waals surface area contributed by atoms with Crippen molar-refractivity contribution in [2.45, 2.75) is 13.8 Å². The van der Waals surface area contributed by atoms with Gasteiger partial charge >= 0.3 is 5.97 Å². The lowest BCUT2D eigenvalue weighted by Gasteiger charge is -2.11. The van der Waals surface area contributed by atoms with Gasteiger partial charge in [0.25, 0.3) is 0 Å². The standard InChI is InChI=1S/C15H12ClFO2/c1-8-3-4-9(2)10(5-8)11-7-14(17)12(15(18)19)6-13(11)16/h3-7H,1-2H3,(H,18,19). The van der Waals surface area contributed by atoms with E-state index in [2.05, 4.69) is 0 Å². The molecule has 2 aromatic rings. The normalized spacial score (nSPS) is 10.5. The van der Waals surface area contributed by atoms with Crippen molar-refractivity contribution in [3.8, 4) is 11.1 Å². The Balaban J connectivity index is 2.67. The molecule has 0 saturated carbocycles. The molecule has 0 heterocycles. The number of halogens is 2. The number of carboxylic acids is 1. The van der Waals surface area contributed by atoms with Crippen molar-refractivity contribution in [2.24, 2.45) is 0 Å². The van der Waals surface area contributed by atoms with E-state index in [-0.39, 0.29) is 5.02 Å². The van der Waals surface area contributed by atoms with Gasteiger partial charge in [-0.15, -0.1) is 0 Å². The molecule has 0 saturated heterocycles. The first-order valence-corrected chi connectivity index (χ1v) is 6.08. The fourth-order valence-electron chi connectivity index (χ4n) is 1.94. The van der Waals surface area contributed by atoms with Crippen LogP contribution in [0.15, 0.2) is 30.3 Å². The summed E-state index contributed by atoms with van der Waals surface area (Å²) in [5.74, 6) is -2.11. The zero-order valence-corrected chi connectivity index (χ0v) is 11.3. The Bertz CT molecular complexity index is 665. The van der Waals surface area contributed by atoms with Crippen LogP contribution in [0.1, 0.15) is 21.5 Å². The molecule has 0 unspecified atom stereocenters. The Hall–Kier alpha value is -1.87. The van der Waals surface area contributed by atoms with E-state index in [4.69, 9.17) is 16.7 Å². The van der Waals surface area contributed by atoms with Gasteiger partial charge in [0.15, 0.2) is 0 Å². The molecule has 0 spiro atoms. The first kappa shape index (κ1) is 13.6. The molecule has 98 valence electrons. The van der Waals surface area contributed by atoms with Gasteiger partial charge in [-0.3, -0.25) is 0 Å². The molecule has 19 heavy (non-hydrogen) atoms. The Morgan fingerprint density at radius 3 is 2.47 bits per heavy atom. The molecule has 0 aliphatic heterocycles. The molecule has 2 rings (SSSR count). The monoisotopic (exact) mass is 278 g/mol. The second kappa shape index (κ2) is 5.02. The smallest absolute Gasteiger partial charge is 0.338 e. The number of carboxylic acid groups (broad SMARTS) is 1. The predicted octanol–water partition coefficient (Wildman–Crippen LogP) is 4.46. The molecule has 0 bridgehead atoms. The average molecular weight is 279 g/mol. The van der Waals surface area contributed by atoms with E-state index in [0.717, 1.165) is 22.8 Å². The summed E-state index contributed by atoms with van der Waals surface area (Å²) in [5, 5.41) is 9.08. The van der Waals surface area contributed by atoms with Crippen molar-refractivity contribution in [2.75, 3.05) is 0 Å². The zero-order valence-electron chi connectivity index (χ0n) is 10.5. The van der Waals surface area contributed by atoms with Gasteiger partial charge in [-0.25, -0.2) is 9.18 Å². The Morgan fingerprint density at radius 1 is 1.16 bits per heavy atom. The number of aromatic carboxylic acids is 1. The van der Waals surface area contributed by atoms with Crippen LogP contribution < -0.4 is 0 Å². The Kier molecular flexibility index (Phi) is 3.58. The van der Waals surface area contributed by atoms with Crippen LogP contribution >= 0.6 is 11.6 Å². The lowest BCUT2D eigenvalue weighted by Crippen LogP contribution is -2.01. The minimum Gasteiger partial charge on any atom is -0.478 e. The van der Waals surface area contributed by atoms with E-state index in [1.807, 2.05) is 32.0 Å². The fourth-order valence-corrected chi connectivity index (χ4v) is 2.21. The van der Waals surface area contributed by atoms with Crippen molar-refractivity contribution in [3.05, 3.63) is 57.9 Å². The molecule has 0 radical (unpaired) electrons. The number of aryl methyl sites for hydroxylation is 2. The molecule has 0 aliphatic rings. The number of hydrogen-bond acceptors (Lipinski definition) is 1. The first-order valence-electron chi connectivity index (χ1n) is 5.70. The summed E-state index contributed by atoms with van der Waals surface area (Å²) in [6.07, 6.45) is 0. The molecule has 2 aromatic carbocycles. The third kappa shape index (κ3) is 2.61. The predicted molar refractivity (Wildman–Crippen MR) is 73.3 cm³/mol. The van der Waals surface area contributed by atoms with E-state index in [1.54, 1.807) is 0 Å². The summed E-state index contributed by atoms with van der Waals surface area (Å²) in [6.45, 7) is 3.83. The maximum atomic E-state index is 13.8. The van der Waals surface area contributed by atoms with E-state index >= 15 is 0 Å². The summed E-state index contributed by atoms with van der Waals surface area (Å²) in [7, 11) is 0. The van der Waals surface area contributed by atoms with Crippen molar-refractivity contribution in [1.29, 1.82) is 0 Å². The first-order chi connectivity index (χ1) is 8.90. The molecule has 0 atom stereocenters. The molecule has 2 nitrogen and oxygen atoms in total. The summed E-state index contributed by atoms with van der Waals surface area (Å²) >= 11 is 6.07. The number of hydrogen-bond donors (Lipinski definition) is 1. The second-order valence-electron chi connectivity index (χ2n) is 4.44. The van der Waals surface area contributed by atoms with Crippen LogP contribution in [0.25, 0.3) is 11.1 Å². The fraction of sp³-hybridized carbons (Fsp3) is 0.133. The zero-order chi connectivity index (χ0) is 14.2. The van der Waals surface area contributed by atoms with Crippen molar-refractivity contribution in [3.63, 3.8) is 0 Å². The van der Waals surface area contributed by atoms with Gasteiger partial charge in [0.05, 0.1) is 5.56 Å². The maximum absolute atomic E-state index is 13.8. The molecule has 4 heteroatoms. The molecule has 0 aromatic heterocycles. The summed E-state index contributed by atoms with van der Waals surface area (Å²) in [5.41, 5.74) is 2.87. The highest BCUT2D eigenvalue weighted by Gasteiger charge is 2.16. The SMILES string of the molecule is Cc1ccc(C)c(-c2cc(F)c(C(=O)O)cc2Cl)c1. The van der Waals surface area contributed by atoms with Gasteiger partial charge < -0.3 is 5.11 Å². The van der Waals surface area contributed by atoms with E-state index in [1.165, 1.54) is 6.07 Å².